The normalized spacial score (nSPS) is 11.2. The molecule has 0 radical (unpaired) electrons. The smallest absolute Gasteiger partial charge is 0.251 e. The monoisotopic (exact) mass is 496 g/mol. The van der Waals surface area contributed by atoms with Crippen LogP contribution in [0.25, 0.3) is 0 Å². The van der Waals surface area contributed by atoms with Gasteiger partial charge in [-0.05, 0) is 51.8 Å². The minimum atomic E-state index is -3.71. The number of hydrogen-bond donors (Lipinski definition) is 3. The van der Waals surface area contributed by atoms with Crippen LogP contribution in [0, 0.1) is 0 Å². The lowest BCUT2D eigenvalue weighted by Gasteiger charge is -2.14. The first-order chi connectivity index (χ1) is 14.0. The van der Waals surface area contributed by atoms with E-state index in [0.29, 0.717) is 10.0 Å². The number of sulfonamides is 1. The molecule has 160 valence electrons. The number of carbonyl (C=O) groups excluding carboxylic acids is 3. The van der Waals surface area contributed by atoms with Gasteiger partial charge in [-0.15, -0.1) is 0 Å². The Morgan fingerprint density at radius 2 is 1.53 bits per heavy atom. The first-order valence-electron chi connectivity index (χ1n) is 8.68. The van der Waals surface area contributed by atoms with Gasteiger partial charge in [0.15, 0.2) is 0 Å². The Morgan fingerprint density at radius 1 is 0.967 bits per heavy atom. The first-order valence-corrected chi connectivity index (χ1v) is 10.9. The van der Waals surface area contributed by atoms with E-state index >= 15 is 0 Å². The van der Waals surface area contributed by atoms with Gasteiger partial charge in [0.05, 0.1) is 11.4 Å². The highest BCUT2D eigenvalue weighted by molar-refractivity contribution is 9.10. The fourth-order valence-corrected chi connectivity index (χ4v) is 4.21. The lowest BCUT2D eigenvalue weighted by Crippen LogP contribution is -2.33. The van der Waals surface area contributed by atoms with Gasteiger partial charge in [0.25, 0.3) is 11.8 Å². The van der Waals surface area contributed by atoms with Crippen molar-refractivity contribution in [3.8, 4) is 0 Å². The van der Waals surface area contributed by atoms with Gasteiger partial charge in [-0.3, -0.25) is 14.4 Å². The summed E-state index contributed by atoms with van der Waals surface area (Å²) in [4.78, 5) is 35.0. The maximum absolute atomic E-state index is 12.5. The second-order valence-corrected chi connectivity index (χ2v) is 9.44. The molecular formula is C19H21BrN4O5S. The summed E-state index contributed by atoms with van der Waals surface area (Å²) in [5.74, 6) is -1.52. The largest absolute Gasteiger partial charge is 0.368 e. The number of hydrogen-bond acceptors (Lipinski definition) is 5. The summed E-state index contributed by atoms with van der Waals surface area (Å²) in [5, 5.41) is 5.09. The van der Waals surface area contributed by atoms with Gasteiger partial charge in [-0.25, -0.2) is 12.7 Å². The molecule has 2 aromatic carbocycles. The summed E-state index contributed by atoms with van der Waals surface area (Å²) >= 11 is 3.20. The van der Waals surface area contributed by atoms with Crippen molar-refractivity contribution < 1.29 is 22.8 Å². The fraction of sp³-hybridized carbons (Fsp3) is 0.211. The van der Waals surface area contributed by atoms with E-state index < -0.39 is 27.7 Å². The van der Waals surface area contributed by atoms with Crippen LogP contribution in [-0.2, 0) is 21.4 Å². The molecule has 0 aromatic heterocycles. The maximum atomic E-state index is 12.5. The molecule has 0 saturated heterocycles. The second kappa shape index (κ2) is 9.83. The molecule has 0 aliphatic heterocycles. The molecule has 2 rings (SSSR count). The maximum Gasteiger partial charge on any atom is 0.251 e. The average molecular weight is 497 g/mol. The molecule has 0 atom stereocenters. The minimum Gasteiger partial charge on any atom is -0.368 e. The van der Waals surface area contributed by atoms with Crippen molar-refractivity contribution in [3.63, 3.8) is 0 Å². The molecule has 4 N–H and O–H groups in total. The van der Waals surface area contributed by atoms with E-state index in [0.717, 1.165) is 9.87 Å². The summed E-state index contributed by atoms with van der Waals surface area (Å²) in [6, 6.07) is 10.7. The van der Waals surface area contributed by atoms with E-state index in [1.807, 2.05) is 0 Å². The molecular weight excluding hydrogens is 476 g/mol. The molecule has 0 fully saturated rings. The molecule has 0 unspecified atom stereocenters. The molecule has 0 spiro atoms. The van der Waals surface area contributed by atoms with Gasteiger partial charge in [-0.1, -0.05) is 12.1 Å². The van der Waals surface area contributed by atoms with Crippen LogP contribution >= 0.6 is 15.9 Å². The minimum absolute atomic E-state index is 0.00789. The van der Waals surface area contributed by atoms with E-state index in [4.69, 9.17) is 5.73 Å². The summed E-state index contributed by atoms with van der Waals surface area (Å²) in [6.07, 6.45) is 0. The summed E-state index contributed by atoms with van der Waals surface area (Å²) in [7, 11) is -0.896. The van der Waals surface area contributed by atoms with Crippen LogP contribution in [0.15, 0.2) is 51.8 Å². The molecule has 11 heteroatoms. The van der Waals surface area contributed by atoms with E-state index in [9.17, 15) is 22.8 Å². The standard InChI is InChI=1S/C19H21BrN4O5S/c1-24(2)30(28,29)16-9-14(7-8-15(16)20)19(27)22-10-12-3-5-13(6-4-12)18(26)23-11-17(21)25/h3-9H,10-11H2,1-2H3,(H2,21,25)(H,22,27)(H,23,26). The Morgan fingerprint density at radius 3 is 2.10 bits per heavy atom. The van der Waals surface area contributed by atoms with E-state index in [2.05, 4.69) is 26.6 Å². The van der Waals surface area contributed by atoms with Crippen molar-refractivity contribution in [2.45, 2.75) is 11.4 Å². The Hall–Kier alpha value is -2.76. The summed E-state index contributed by atoms with van der Waals surface area (Å²) in [6.45, 7) is -0.0801. The number of benzene rings is 2. The van der Waals surface area contributed by atoms with Crippen LogP contribution in [0.4, 0.5) is 0 Å². The summed E-state index contributed by atoms with van der Waals surface area (Å²) in [5.41, 5.74) is 6.25. The van der Waals surface area contributed by atoms with E-state index in [1.54, 1.807) is 24.3 Å². The van der Waals surface area contributed by atoms with Crippen LogP contribution in [-0.4, -0.2) is 51.1 Å². The average Bonchev–Trinajstić information content (AvgIpc) is 2.70. The van der Waals surface area contributed by atoms with Crippen LogP contribution < -0.4 is 16.4 Å². The second-order valence-electron chi connectivity index (χ2n) is 6.46. The highest BCUT2D eigenvalue weighted by Crippen LogP contribution is 2.25. The van der Waals surface area contributed by atoms with Crippen molar-refractivity contribution in [1.82, 2.24) is 14.9 Å². The third kappa shape index (κ3) is 5.88. The predicted molar refractivity (Wildman–Crippen MR) is 114 cm³/mol. The van der Waals surface area contributed by atoms with Gasteiger partial charge >= 0.3 is 0 Å². The molecule has 0 aliphatic rings. The molecule has 0 bridgehead atoms. The zero-order valence-electron chi connectivity index (χ0n) is 16.3. The van der Waals surface area contributed by atoms with E-state index in [1.165, 1.54) is 32.3 Å². The Labute approximate surface area is 182 Å². The van der Waals surface area contributed by atoms with Gasteiger partial charge in [-0.2, -0.15) is 0 Å². The zero-order valence-corrected chi connectivity index (χ0v) is 18.7. The van der Waals surface area contributed by atoms with Crippen molar-refractivity contribution in [1.29, 1.82) is 0 Å². The number of nitrogens with zero attached hydrogens (tertiary/aromatic N) is 1. The third-order valence-corrected chi connectivity index (χ3v) is 6.85. The Bertz CT molecular complexity index is 1070. The van der Waals surface area contributed by atoms with Crippen LogP contribution in [0.2, 0.25) is 0 Å². The van der Waals surface area contributed by atoms with Gasteiger partial charge < -0.3 is 16.4 Å². The van der Waals surface area contributed by atoms with Crippen molar-refractivity contribution in [2.75, 3.05) is 20.6 Å². The molecule has 3 amide bonds. The van der Waals surface area contributed by atoms with Crippen LogP contribution in [0.3, 0.4) is 0 Å². The fourth-order valence-electron chi connectivity index (χ4n) is 2.37. The Balaban J connectivity index is 2.06. The highest BCUT2D eigenvalue weighted by Gasteiger charge is 2.22. The van der Waals surface area contributed by atoms with Crippen LogP contribution in [0.5, 0.6) is 0 Å². The molecule has 0 saturated carbocycles. The highest BCUT2D eigenvalue weighted by atomic mass is 79.9. The summed E-state index contributed by atoms with van der Waals surface area (Å²) < 4.78 is 26.2. The van der Waals surface area contributed by atoms with Gasteiger partial charge in [0.2, 0.25) is 15.9 Å². The molecule has 30 heavy (non-hydrogen) atoms. The topological polar surface area (TPSA) is 139 Å². The SMILES string of the molecule is CN(C)S(=O)(=O)c1cc(C(=O)NCc2ccc(C(=O)NCC(N)=O)cc2)ccc1Br. The first kappa shape index (κ1) is 23.5. The van der Waals surface area contributed by atoms with Crippen molar-refractivity contribution in [2.24, 2.45) is 5.73 Å². The van der Waals surface area contributed by atoms with Gasteiger partial charge in [0.1, 0.15) is 0 Å². The lowest BCUT2D eigenvalue weighted by atomic mass is 10.1. The van der Waals surface area contributed by atoms with Crippen LogP contribution in [0.1, 0.15) is 26.3 Å². The van der Waals surface area contributed by atoms with Crippen molar-refractivity contribution >= 4 is 43.7 Å². The zero-order chi connectivity index (χ0) is 22.5. The van der Waals surface area contributed by atoms with Crippen molar-refractivity contribution in [3.05, 3.63) is 63.6 Å². The molecule has 2 aromatic rings. The molecule has 0 heterocycles. The molecule has 0 aliphatic carbocycles. The Kier molecular flexibility index (Phi) is 7.71. The number of halogens is 1. The number of carbonyl (C=O) groups is 3. The number of nitrogens with one attached hydrogen (secondary N) is 2. The number of nitrogens with two attached hydrogens (primary N) is 1. The quantitative estimate of drug-likeness (QED) is 0.496. The van der Waals surface area contributed by atoms with Gasteiger partial charge in [0, 0.05) is 36.2 Å². The lowest BCUT2D eigenvalue weighted by molar-refractivity contribution is -0.117. The number of rotatable bonds is 8. The molecule has 9 nitrogen and oxygen atoms in total. The predicted octanol–water partition coefficient (Wildman–Crippen LogP) is 0.845. The number of amides is 3. The number of primary amides is 1. The van der Waals surface area contributed by atoms with E-state index in [-0.39, 0.29) is 23.5 Å². The third-order valence-electron chi connectivity index (χ3n) is 4.04.